The molecule has 1 heterocycles. The summed E-state index contributed by atoms with van der Waals surface area (Å²) in [5.74, 6) is 1.13. The second kappa shape index (κ2) is 6.59. The van der Waals surface area contributed by atoms with Crippen LogP contribution in [0.2, 0.25) is 0 Å². The third-order valence-corrected chi connectivity index (χ3v) is 4.42. The number of aliphatic hydroxyl groups is 1. The molecule has 2 aliphatic rings. The van der Waals surface area contributed by atoms with Crippen molar-refractivity contribution in [3.05, 3.63) is 29.8 Å². The van der Waals surface area contributed by atoms with Crippen molar-refractivity contribution in [1.29, 1.82) is 0 Å². The monoisotopic (exact) mass is 276 g/mol. The molecule has 1 aromatic carbocycles. The van der Waals surface area contributed by atoms with Crippen LogP contribution in [0, 0.1) is 0 Å². The molecule has 0 amide bonds. The van der Waals surface area contributed by atoms with Crippen molar-refractivity contribution >= 4 is 0 Å². The zero-order valence-corrected chi connectivity index (χ0v) is 12.0. The minimum absolute atomic E-state index is 0.102. The summed E-state index contributed by atoms with van der Waals surface area (Å²) in [6.07, 6.45) is 7.31. The molecular formula is C17H24O3. The van der Waals surface area contributed by atoms with E-state index in [-0.39, 0.29) is 18.3 Å². The van der Waals surface area contributed by atoms with E-state index in [1.54, 1.807) is 0 Å². The molecule has 20 heavy (non-hydrogen) atoms. The van der Waals surface area contributed by atoms with E-state index in [0.29, 0.717) is 0 Å². The largest absolute Gasteiger partial charge is 0.465 e. The fraction of sp³-hybridized carbons (Fsp3) is 0.647. The summed E-state index contributed by atoms with van der Waals surface area (Å²) in [4.78, 5) is 0. The number of hydrogen-bond donors (Lipinski definition) is 1. The quantitative estimate of drug-likeness (QED) is 0.916. The van der Waals surface area contributed by atoms with Gasteiger partial charge in [0.1, 0.15) is 5.75 Å². The van der Waals surface area contributed by atoms with E-state index in [2.05, 4.69) is 12.1 Å². The van der Waals surface area contributed by atoms with Gasteiger partial charge in [-0.3, -0.25) is 0 Å². The highest BCUT2D eigenvalue weighted by Gasteiger charge is 2.25. The van der Waals surface area contributed by atoms with Gasteiger partial charge in [-0.05, 0) is 43.4 Å². The zero-order chi connectivity index (χ0) is 13.8. The lowest BCUT2D eigenvalue weighted by atomic mass is 9.82. The molecule has 1 saturated heterocycles. The highest BCUT2D eigenvalue weighted by Crippen LogP contribution is 2.34. The van der Waals surface area contributed by atoms with Crippen LogP contribution in [0.25, 0.3) is 0 Å². The van der Waals surface area contributed by atoms with Crippen molar-refractivity contribution in [3.8, 4) is 5.75 Å². The molecule has 2 fully saturated rings. The van der Waals surface area contributed by atoms with Crippen LogP contribution in [0.5, 0.6) is 5.75 Å². The molecule has 1 aliphatic heterocycles. The van der Waals surface area contributed by atoms with Crippen LogP contribution >= 0.6 is 0 Å². The first-order valence-electron chi connectivity index (χ1n) is 7.89. The van der Waals surface area contributed by atoms with Gasteiger partial charge < -0.3 is 14.6 Å². The predicted molar refractivity (Wildman–Crippen MR) is 77.9 cm³/mol. The smallest absolute Gasteiger partial charge is 0.199 e. The number of ether oxygens (including phenoxy) is 2. The summed E-state index contributed by atoms with van der Waals surface area (Å²) < 4.78 is 11.5. The van der Waals surface area contributed by atoms with Gasteiger partial charge >= 0.3 is 0 Å². The van der Waals surface area contributed by atoms with Gasteiger partial charge in [-0.1, -0.05) is 25.0 Å². The molecule has 3 rings (SSSR count). The summed E-state index contributed by atoms with van der Waals surface area (Å²) in [6.45, 7) is 0.797. The van der Waals surface area contributed by atoms with Gasteiger partial charge in [0.15, 0.2) is 6.29 Å². The van der Waals surface area contributed by atoms with Crippen LogP contribution in [0.4, 0.5) is 0 Å². The summed E-state index contributed by atoms with van der Waals surface area (Å²) in [7, 11) is 0. The molecule has 0 spiro atoms. The Morgan fingerprint density at radius 1 is 1.05 bits per heavy atom. The second-order valence-corrected chi connectivity index (χ2v) is 5.94. The van der Waals surface area contributed by atoms with Gasteiger partial charge in [-0.15, -0.1) is 0 Å². The van der Waals surface area contributed by atoms with Crippen molar-refractivity contribution in [2.75, 3.05) is 6.61 Å². The lowest BCUT2D eigenvalue weighted by molar-refractivity contribution is -0.105. The third-order valence-electron chi connectivity index (χ3n) is 4.42. The Labute approximate surface area is 120 Å². The van der Waals surface area contributed by atoms with Crippen LogP contribution in [-0.4, -0.2) is 24.1 Å². The maximum atomic E-state index is 10.2. The first-order chi connectivity index (χ1) is 9.83. The Morgan fingerprint density at radius 3 is 2.70 bits per heavy atom. The van der Waals surface area contributed by atoms with Crippen molar-refractivity contribution in [1.82, 2.24) is 0 Å². The molecule has 0 radical (unpaired) electrons. The Bertz CT molecular complexity index is 426. The highest BCUT2D eigenvalue weighted by atomic mass is 16.7. The lowest BCUT2D eigenvalue weighted by Gasteiger charge is -2.28. The molecule has 3 atom stereocenters. The Balaban J connectivity index is 1.68. The van der Waals surface area contributed by atoms with Crippen molar-refractivity contribution in [2.45, 2.75) is 63.3 Å². The van der Waals surface area contributed by atoms with Crippen LogP contribution in [0.15, 0.2) is 24.3 Å². The molecule has 0 bridgehead atoms. The lowest BCUT2D eigenvalue weighted by Crippen LogP contribution is -2.25. The van der Waals surface area contributed by atoms with Gasteiger partial charge in [0, 0.05) is 12.3 Å². The summed E-state index contributed by atoms with van der Waals surface area (Å²) >= 11 is 0. The predicted octanol–water partition coefficient (Wildman–Crippen LogP) is 3.61. The van der Waals surface area contributed by atoms with Gasteiger partial charge in [-0.2, -0.15) is 0 Å². The van der Waals surface area contributed by atoms with Gasteiger partial charge in [0.2, 0.25) is 0 Å². The number of hydrogen-bond acceptors (Lipinski definition) is 3. The molecule has 1 aliphatic carbocycles. The molecular weight excluding hydrogens is 252 g/mol. The maximum Gasteiger partial charge on any atom is 0.199 e. The SMILES string of the molecule is O[C@@H]1CCCC[C@H]1c1cccc(OC2CCCCO2)c1. The van der Waals surface area contributed by atoms with Gasteiger partial charge in [-0.25, -0.2) is 0 Å². The van der Waals surface area contributed by atoms with E-state index in [0.717, 1.165) is 44.5 Å². The van der Waals surface area contributed by atoms with Crippen molar-refractivity contribution in [2.24, 2.45) is 0 Å². The van der Waals surface area contributed by atoms with Crippen LogP contribution in [-0.2, 0) is 4.74 Å². The standard InChI is InChI=1S/C17H24O3/c18-16-9-2-1-8-15(16)13-6-5-7-14(12-13)20-17-10-3-4-11-19-17/h5-7,12,15-18H,1-4,8-11H2/t15-,16+,17?/m0/s1. The van der Waals surface area contributed by atoms with E-state index < -0.39 is 0 Å². The first kappa shape index (κ1) is 13.9. The highest BCUT2D eigenvalue weighted by molar-refractivity contribution is 5.32. The summed E-state index contributed by atoms with van der Waals surface area (Å²) in [6, 6.07) is 8.19. The fourth-order valence-corrected chi connectivity index (χ4v) is 3.27. The molecule has 1 aromatic rings. The number of aliphatic hydroxyl groups excluding tert-OH is 1. The Kier molecular flexibility index (Phi) is 4.58. The molecule has 1 N–H and O–H groups in total. The molecule has 0 aromatic heterocycles. The third kappa shape index (κ3) is 3.33. The Morgan fingerprint density at radius 2 is 1.90 bits per heavy atom. The molecule has 1 unspecified atom stereocenters. The average Bonchev–Trinajstić information content (AvgIpc) is 2.49. The topological polar surface area (TPSA) is 38.7 Å². The number of rotatable bonds is 3. The van der Waals surface area contributed by atoms with Crippen molar-refractivity contribution in [3.63, 3.8) is 0 Å². The average molecular weight is 276 g/mol. The van der Waals surface area contributed by atoms with Crippen LogP contribution < -0.4 is 4.74 Å². The van der Waals surface area contributed by atoms with Gasteiger partial charge in [0.25, 0.3) is 0 Å². The zero-order valence-electron chi connectivity index (χ0n) is 12.0. The summed E-state index contributed by atoms with van der Waals surface area (Å²) in [5, 5.41) is 10.2. The molecule has 1 saturated carbocycles. The normalized spacial score (nSPS) is 30.9. The van der Waals surface area contributed by atoms with E-state index in [4.69, 9.17) is 9.47 Å². The maximum absolute atomic E-state index is 10.2. The molecule has 3 heteroatoms. The van der Waals surface area contributed by atoms with Crippen molar-refractivity contribution < 1.29 is 14.6 Å². The van der Waals surface area contributed by atoms with E-state index in [9.17, 15) is 5.11 Å². The van der Waals surface area contributed by atoms with E-state index >= 15 is 0 Å². The van der Waals surface area contributed by atoms with E-state index in [1.807, 2.05) is 12.1 Å². The fourth-order valence-electron chi connectivity index (χ4n) is 3.27. The second-order valence-electron chi connectivity index (χ2n) is 5.94. The number of benzene rings is 1. The van der Waals surface area contributed by atoms with E-state index in [1.165, 1.54) is 18.4 Å². The molecule has 110 valence electrons. The summed E-state index contributed by atoms with van der Waals surface area (Å²) in [5.41, 5.74) is 1.20. The van der Waals surface area contributed by atoms with Crippen LogP contribution in [0.1, 0.15) is 56.4 Å². The minimum atomic E-state index is -0.204. The molecule has 3 nitrogen and oxygen atoms in total. The Hall–Kier alpha value is -1.06. The first-order valence-corrected chi connectivity index (χ1v) is 7.89. The van der Waals surface area contributed by atoms with Crippen LogP contribution in [0.3, 0.4) is 0 Å². The van der Waals surface area contributed by atoms with Gasteiger partial charge in [0.05, 0.1) is 12.7 Å². The minimum Gasteiger partial charge on any atom is -0.465 e.